The molecule has 3 aromatic heterocycles. The van der Waals surface area contributed by atoms with Crippen molar-refractivity contribution in [2.75, 3.05) is 0 Å². The topological polar surface area (TPSA) is 38.9 Å². The number of nitrogens with zero attached hydrogens (tertiary/aromatic N) is 2. The first-order valence-electron chi connectivity index (χ1n) is 18.8. The molecule has 0 aliphatic heterocycles. The molecule has 0 fully saturated rings. The van der Waals surface area contributed by atoms with Gasteiger partial charge in [-0.2, -0.15) is 0 Å². The lowest BCUT2D eigenvalue weighted by molar-refractivity contribution is 0.670. The average molecular weight is 733 g/mol. The monoisotopic (exact) mass is 732 g/mol. The van der Waals surface area contributed by atoms with Crippen molar-refractivity contribution in [1.29, 1.82) is 0 Å². The second kappa shape index (κ2) is 13.3. The summed E-state index contributed by atoms with van der Waals surface area (Å²) in [6, 6.07) is 68.4. The second-order valence-electron chi connectivity index (χ2n) is 14.1. The van der Waals surface area contributed by atoms with Crippen molar-refractivity contribution in [2.45, 2.75) is 0 Å². The molecule has 0 amide bonds. The van der Waals surface area contributed by atoms with E-state index in [9.17, 15) is 0 Å². The lowest BCUT2D eigenvalue weighted by atomic mass is 9.93. The van der Waals surface area contributed by atoms with Crippen LogP contribution in [0.4, 0.5) is 0 Å². The van der Waals surface area contributed by atoms with E-state index in [1.807, 2.05) is 35.6 Å². The quantitative estimate of drug-likeness (QED) is 0.171. The summed E-state index contributed by atoms with van der Waals surface area (Å²) >= 11 is 1.83. The zero-order valence-corrected chi connectivity index (χ0v) is 31.0. The number of thiophene rings is 1. The average Bonchev–Trinajstić information content (AvgIpc) is 3.86. The van der Waals surface area contributed by atoms with Crippen molar-refractivity contribution < 1.29 is 4.42 Å². The van der Waals surface area contributed by atoms with Gasteiger partial charge in [0.05, 0.1) is 11.4 Å². The van der Waals surface area contributed by atoms with E-state index in [1.165, 1.54) is 20.2 Å². The Hall–Kier alpha value is -7.14. The Kier molecular flexibility index (Phi) is 7.68. The van der Waals surface area contributed by atoms with Crippen LogP contribution in [0.5, 0.6) is 0 Å². The molecule has 3 nitrogen and oxygen atoms in total. The minimum absolute atomic E-state index is 0.670. The number of benzene rings is 8. The zero-order chi connectivity index (χ0) is 37.0. The maximum Gasteiger partial charge on any atom is 0.160 e. The number of aromatic nitrogens is 2. The Labute approximate surface area is 327 Å². The van der Waals surface area contributed by atoms with Gasteiger partial charge in [-0.05, 0) is 76.3 Å². The fourth-order valence-electron chi connectivity index (χ4n) is 8.07. The number of fused-ring (bicyclic) bond motifs is 6. The third kappa shape index (κ3) is 5.50. The fourth-order valence-corrected chi connectivity index (χ4v) is 9.20. The van der Waals surface area contributed by atoms with Crippen LogP contribution in [-0.4, -0.2) is 9.97 Å². The predicted octanol–water partition coefficient (Wildman–Crippen LogP) is 14.7. The van der Waals surface area contributed by atoms with E-state index in [1.54, 1.807) is 0 Å². The molecule has 11 rings (SSSR count). The minimum Gasteiger partial charge on any atom is -0.455 e. The van der Waals surface area contributed by atoms with E-state index >= 15 is 0 Å². The molecule has 4 heteroatoms. The standard InChI is InChI=1S/C52H32N2OS/c1-4-15-33(16-5-1)36-29-37(34-17-6-2-7-18-34)31-38(30-36)44-32-45(54-52(53-44)35-19-8-3-9-20-35)41-28-27-40(51-50(41)42-21-10-12-24-46(42)55-51)39-23-14-26-48-49(39)43-22-11-13-25-47(43)56-48/h1-32H. The Balaban J connectivity index is 1.18. The summed E-state index contributed by atoms with van der Waals surface area (Å²) in [4.78, 5) is 10.6. The summed E-state index contributed by atoms with van der Waals surface area (Å²) in [6.45, 7) is 0. The molecule has 0 N–H and O–H groups in total. The van der Waals surface area contributed by atoms with Crippen LogP contribution < -0.4 is 0 Å². The van der Waals surface area contributed by atoms with Crippen LogP contribution in [0, 0.1) is 0 Å². The van der Waals surface area contributed by atoms with Crippen LogP contribution in [0.1, 0.15) is 0 Å². The van der Waals surface area contributed by atoms with Crippen LogP contribution in [0.15, 0.2) is 199 Å². The predicted molar refractivity (Wildman–Crippen MR) is 235 cm³/mol. The first kappa shape index (κ1) is 32.3. The minimum atomic E-state index is 0.670. The molecule has 0 aliphatic carbocycles. The molecule has 11 aromatic rings. The Bertz CT molecular complexity index is 3180. The van der Waals surface area contributed by atoms with Crippen LogP contribution in [-0.2, 0) is 0 Å². The van der Waals surface area contributed by atoms with Gasteiger partial charge in [-0.15, -0.1) is 11.3 Å². The van der Waals surface area contributed by atoms with E-state index in [-0.39, 0.29) is 0 Å². The molecule has 0 radical (unpaired) electrons. The van der Waals surface area contributed by atoms with E-state index < -0.39 is 0 Å². The molecule has 56 heavy (non-hydrogen) atoms. The van der Waals surface area contributed by atoms with Gasteiger partial charge in [0, 0.05) is 53.2 Å². The SMILES string of the molecule is c1ccc(-c2cc(-c3ccccc3)cc(-c3cc(-c4ccc(-c5cccc6sc7ccccc7c56)c5oc6ccccc6c45)nc(-c4ccccc4)n3)c2)cc1. The molecular weight excluding hydrogens is 701 g/mol. The van der Waals surface area contributed by atoms with Crippen molar-refractivity contribution in [2.24, 2.45) is 0 Å². The van der Waals surface area contributed by atoms with Crippen LogP contribution >= 0.6 is 11.3 Å². The van der Waals surface area contributed by atoms with E-state index in [0.29, 0.717) is 5.82 Å². The lowest BCUT2D eigenvalue weighted by Gasteiger charge is -2.14. The highest BCUT2D eigenvalue weighted by atomic mass is 32.1. The highest BCUT2D eigenvalue weighted by molar-refractivity contribution is 7.25. The molecule has 0 unspecified atom stereocenters. The van der Waals surface area contributed by atoms with Gasteiger partial charge >= 0.3 is 0 Å². The lowest BCUT2D eigenvalue weighted by Crippen LogP contribution is -1.97. The van der Waals surface area contributed by atoms with E-state index in [2.05, 4.69) is 170 Å². The number of furan rings is 1. The maximum atomic E-state index is 6.86. The van der Waals surface area contributed by atoms with Crippen molar-refractivity contribution in [3.63, 3.8) is 0 Å². The first-order valence-corrected chi connectivity index (χ1v) is 19.6. The molecule has 0 spiro atoms. The summed E-state index contributed by atoms with van der Waals surface area (Å²) in [5.41, 5.74) is 13.2. The smallest absolute Gasteiger partial charge is 0.160 e. The molecule has 0 saturated heterocycles. The summed E-state index contributed by atoms with van der Waals surface area (Å²) in [5.74, 6) is 0.670. The molecule has 3 heterocycles. The maximum absolute atomic E-state index is 6.86. The van der Waals surface area contributed by atoms with Gasteiger partial charge in [-0.1, -0.05) is 146 Å². The van der Waals surface area contributed by atoms with E-state index in [4.69, 9.17) is 14.4 Å². The summed E-state index contributed by atoms with van der Waals surface area (Å²) < 4.78 is 9.40. The molecule has 262 valence electrons. The second-order valence-corrected chi connectivity index (χ2v) is 15.2. The molecular formula is C52H32N2OS. The molecule has 8 aromatic carbocycles. The molecule has 0 atom stereocenters. The zero-order valence-electron chi connectivity index (χ0n) is 30.2. The third-order valence-corrected chi connectivity index (χ3v) is 11.8. The molecule has 0 bridgehead atoms. The molecule has 0 saturated carbocycles. The number of hydrogen-bond acceptors (Lipinski definition) is 4. The fraction of sp³-hybridized carbons (Fsp3) is 0. The summed E-state index contributed by atoms with van der Waals surface area (Å²) in [5, 5.41) is 4.62. The van der Waals surface area contributed by atoms with Crippen LogP contribution in [0.25, 0.3) is 109 Å². The van der Waals surface area contributed by atoms with E-state index in [0.717, 1.165) is 83.4 Å². The van der Waals surface area contributed by atoms with Gasteiger partial charge in [0.1, 0.15) is 11.2 Å². The van der Waals surface area contributed by atoms with Crippen molar-refractivity contribution >= 4 is 53.4 Å². The number of rotatable bonds is 6. The van der Waals surface area contributed by atoms with Gasteiger partial charge < -0.3 is 4.42 Å². The van der Waals surface area contributed by atoms with Gasteiger partial charge in [0.15, 0.2) is 5.82 Å². The largest absolute Gasteiger partial charge is 0.455 e. The van der Waals surface area contributed by atoms with Crippen molar-refractivity contribution in [3.8, 4) is 67.3 Å². The summed E-state index contributed by atoms with van der Waals surface area (Å²) in [6.07, 6.45) is 0. The Morgan fingerprint density at radius 2 is 0.929 bits per heavy atom. The highest BCUT2D eigenvalue weighted by Gasteiger charge is 2.22. The van der Waals surface area contributed by atoms with Gasteiger partial charge in [-0.25, -0.2) is 9.97 Å². The van der Waals surface area contributed by atoms with Crippen molar-refractivity contribution in [3.05, 3.63) is 194 Å². The van der Waals surface area contributed by atoms with Gasteiger partial charge in [0.2, 0.25) is 0 Å². The Morgan fingerprint density at radius 1 is 0.357 bits per heavy atom. The number of hydrogen-bond donors (Lipinski definition) is 0. The summed E-state index contributed by atoms with van der Waals surface area (Å²) in [7, 11) is 0. The normalized spacial score (nSPS) is 11.6. The van der Waals surface area contributed by atoms with Crippen LogP contribution in [0.2, 0.25) is 0 Å². The van der Waals surface area contributed by atoms with Gasteiger partial charge in [0.25, 0.3) is 0 Å². The molecule has 0 aliphatic rings. The number of para-hydroxylation sites is 1. The van der Waals surface area contributed by atoms with Crippen molar-refractivity contribution in [1.82, 2.24) is 9.97 Å². The highest BCUT2D eigenvalue weighted by Crippen LogP contribution is 2.46. The first-order chi connectivity index (χ1) is 27.7. The Morgan fingerprint density at radius 3 is 1.66 bits per heavy atom. The third-order valence-electron chi connectivity index (χ3n) is 10.7. The van der Waals surface area contributed by atoms with Gasteiger partial charge in [-0.3, -0.25) is 0 Å². The van der Waals surface area contributed by atoms with Crippen LogP contribution in [0.3, 0.4) is 0 Å².